The third-order valence-electron chi connectivity index (χ3n) is 3.00. The Morgan fingerprint density at radius 3 is 2.42 bits per heavy atom. The first-order valence-electron chi connectivity index (χ1n) is 6.36. The summed E-state index contributed by atoms with van der Waals surface area (Å²) in [6.07, 6.45) is 0.628. The Bertz CT molecular complexity index is 449. The molecule has 0 bridgehead atoms. The fourth-order valence-corrected chi connectivity index (χ4v) is 2.06. The Labute approximate surface area is 124 Å². The molecule has 2 N–H and O–H groups in total. The van der Waals surface area contributed by atoms with E-state index in [1.165, 1.54) is 0 Å². The molecule has 0 aliphatic heterocycles. The van der Waals surface area contributed by atoms with Crippen LogP contribution < -0.4 is 5.73 Å². The van der Waals surface area contributed by atoms with Gasteiger partial charge in [-0.3, -0.25) is 4.79 Å². The molecule has 0 spiro atoms. The predicted molar refractivity (Wildman–Crippen MR) is 80.4 cm³/mol. The highest BCUT2D eigenvalue weighted by molar-refractivity contribution is 6.42. The van der Waals surface area contributed by atoms with Gasteiger partial charge in [-0.2, -0.15) is 0 Å². The average Bonchev–Trinajstić information content (AvgIpc) is 2.37. The van der Waals surface area contributed by atoms with Crippen LogP contribution in [0.15, 0.2) is 18.2 Å². The summed E-state index contributed by atoms with van der Waals surface area (Å²) >= 11 is 11.9. The summed E-state index contributed by atoms with van der Waals surface area (Å²) in [6, 6.07) is 5.02. The number of carbonyl (C=O) groups excluding carboxylic acids is 1. The van der Waals surface area contributed by atoms with Crippen LogP contribution in [-0.2, 0) is 11.3 Å². The van der Waals surface area contributed by atoms with Gasteiger partial charge in [0.2, 0.25) is 5.91 Å². The lowest BCUT2D eigenvalue weighted by molar-refractivity contribution is -0.135. The van der Waals surface area contributed by atoms with E-state index in [1.54, 1.807) is 17.0 Å². The van der Waals surface area contributed by atoms with Crippen LogP contribution in [0.1, 0.15) is 32.8 Å². The summed E-state index contributed by atoms with van der Waals surface area (Å²) in [5.74, 6) is -0.0384. The third kappa shape index (κ3) is 4.37. The van der Waals surface area contributed by atoms with Crippen LogP contribution >= 0.6 is 23.2 Å². The largest absolute Gasteiger partial charge is 0.335 e. The van der Waals surface area contributed by atoms with E-state index >= 15 is 0 Å². The number of amides is 1. The third-order valence-corrected chi connectivity index (χ3v) is 3.74. The number of hydrogen-bond acceptors (Lipinski definition) is 2. The molecule has 1 atom stereocenters. The molecule has 1 amide bonds. The Kier molecular flexibility index (Phi) is 6.11. The standard InChI is InChI=1S/C14H20Cl2N2O/c1-4-13(17)14(19)18(9(2)3)8-10-5-6-11(15)12(16)7-10/h5-7,9,13H,4,8,17H2,1-3H3/t13-/m1/s1. The van der Waals surface area contributed by atoms with E-state index in [1.807, 2.05) is 26.8 Å². The Balaban J connectivity index is 2.90. The van der Waals surface area contributed by atoms with Gasteiger partial charge >= 0.3 is 0 Å². The first kappa shape index (κ1) is 16.3. The van der Waals surface area contributed by atoms with E-state index in [-0.39, 0.29) is 11.9 Å². The number of halogens is 2. The highest BCUT2D eigenvalue weighted by atomic mass is 35.5. The van der Waals surface area contributed by atoms with Crippen molar-refractivity contribution in [3.8, 4) is 0 Å². The molecule has 1 aromatic rings. The van der Waals surface area contributed by atoms with Gasteiger partial charge in [-0.25, -0.2) is 0 Å². The molecule has 1 aromatic carbocycles. The van der Waals surface area contributed by atoms with Crippen LogP contribution in [0, 0.1) is 0 Å². The quantitative estimate of drug-likeness (QED) is 0.905. The van der Waals surface area contributed by atoms with Gasteiger partial charge in [0.1, 0.15) is 0 Å². The maximum Gasteiger partial charge on any atom is 0.240 e. The van der Waals surface area contributed by atoms with Gasteiger partial charge in [-0.05, 0) is 38.0 Å². The Hall–Kier alpha value is -0.770. The van der Waals surface area contributed by atoms with Crippen LogP contribution in [0.5, 0.6) is 0 Å². The van der Waals surface area contributed by atoms with Crippen molar-refractivity contribution in [2.24, 2.45) is 5.73 Å². The molecule has 0 saturated heterocycles. The van der Waals surface area contributed by atoms with Crippen molar-refractivity contribution in [2.75, 3.05) is 0 Å². The molecule has 0 aliphatic rings. The lowest BCUT2D eigenvalue weighted by Gasteiger charge is -2.29. The molecule has 3 nitrogen and oxygen atoms in total. The summed E-state index contributed by atoms with van der Waals surface area (Å²) in [6.45, 7) is 6.33. The van der Waals surface area contributed by atoms with Gasteiger partial charge in [0.05, 0.1) is 16.1 Å². The van der Waals surface area contributed by atoms with E-state index in [9.17, 15) is 4.79 Å². The van der Waals surface area contributed by atoms with Crippen LogP contribution in [-0.4, -0.2) is 22.9 Å². The van der Waals surface area contributed by atoms with Crippen LogP contribution in [0.4, 0.5) is 0 Å². The van der Waals surface area contributed by atoms with Crippen LogP contribution in [0.25, 0.3) is 0 Å². The molecule has 0 radical (unpaired) electrons. The molecule has 0 fully saturated rings. The maximum absolute atomic E-state index is 12.2. The zero-order valence-electron chi connectivity index (χ0n) is 11.5. The van der Waals surface area contributed by atoms with Gasteiger partial charge in [0, 0.05) is 12.6 Å². The minimum absolute atomic E-state index is 0.0384. The number of hydrogen-bond donors (Lipinski definition) is 1. The second-order valence-electron chi connectivity index (χ2n) is 4.82. The van der Waals surface area contributed by atoms with Gasteiger partial charge in [-0.1, -0.05) is 36.2 Å². The molecule has 0 aromatic heterocycles. The molecule has 19 heavy (non-hydrogen) atoms. The molecule has 0 saturated carbocycles. The summed E-state index contributed by atoms with van der Waals surface area (Å²) in [5, 5.41) is 1.01. The van der Waals surface area contributed by atoms with Crippen LogP contribution in [0.3, 0.4) is 0 Å². The van der Waals surface area contributed by atoms with E-state index in [4.69, 9.17) is 28.9 Å². The zero-order chi connectivity index (χ0) is 14.6. The smallest absolute Gasteiger partial charge is 0.240 e. The average molecular weight is 303 g/mol. The topological polar surface area (TPSA) is 46.3 Å². The fraction of sp³-hybridized carbons (Fsp3) is 0.500. The minimum atomic E-state index is -0.454. The maximum atomic E-state index is 12.2. The lowest BCUT2D eigenvalue weighted by atomic mass is 10.1. The molecular weight excluding hydrogens is 283 g/mol. The minimum Gasteiger partial charge on any atom is -0.335 e. The lowest BCUT2D eigenvalue weighted by Crippen LogP contribution is -2.46. The van der Waals surface area contributed by atoms with Gasteiger partial charge in [0.25, 0.3) is 0 Å². The van der Waals surface area contributed by atoms with Gasteiger partial charge in [-0.15, -0.1) is 0 Å². The van der Waals surface area contributed by atoms with E-state index in [0.717, 1.165) is 5.56 Å². The fourth-order valence-electron chi connectivity index (χ4n) is 1.74. The molecule has 5 heteroatoms. The molecule has 1 rings (SSSR count). The van der Waals surface area contributed by atoms with E-state index < -0.39 is 6.04 Å². The Morgan fingerprint density at radius 2 is 1.95 bits per heavy atom. The van der Waals surface area contributed by atoms with Crippen molar-refractivity contribution in [3.05, 3.63) is 33.8 Å². The van der Waals surface area contributed by atoms with Crippen molar-refractivity contribution in [1.82, 2.24) is 4.90 Å². The molecular formula is C14H20Cl2N2O. The monoisotopic (exact) mass is 302 g/mol. The Morgan fingerprint density at radius 1 is 1.32 bits per heavy atom. The normalized spacial score (nSPS) is 12.6. The summed E-state index contributed by atoms with van der Waals surface area (Å²) in [5.41, 5.74) is 6.77. The van der Waals surface area contributed by atoms with E-state index in [2.05, 4.69) is 0 Å². The first-order chi connectivity index (χ1) is 8.86. The highest BCUT2D eigenvalue weighted by Crippen LogP contribution is 2.23. The number of nitrogens with zero attached hydrogens (tertiary/aromatic N) is 1. The highest BCUT2D eigenvalue weighted by Gasteiger charge is 2.22. The second kappa shape index (κ2) is 7.13. The van der Waals surface area contributed by atoms with Crippen LogP contribution in [0.2, 0.25) is 10.0 Å². The number of rotatable bonds is 5. The zero-order valence-corrected chi connectivity index (χ0v) is 13.0. The predicted octanol–water partition coefficient (Wildman–Crippen LogP) is 3.47. The second-order valence-corrected chi connectivity index (χ2v) is 5.64. The molecule has 0 unspecified atom stereocenters. The SMILES string of the molecule is CC[C@@H](N)C(=O)N(Cc1ccc(Cl)c(Cl)c1)C(C)C. The number of benzene rings is 1. The molecule has 106 valence electrons. The molecule has 0 heterocycles. The number of carbonyl (C=O) groups is 1. The summed E-state index contributed by atoms with van der Waals surface area (Å²) < 4.78 is 0. The first-order valence-corrected chi connectivity index (χ1v) is 7.12. The van der Waals surface area contributed by atoms with Gasteiger partial charge < -0.3 is 10.6 Å². The summed E-state index contributed by atoms with van der Waals surface area (Å²) in [4.78, 5) is 14.0. The van der Waals surface area contributed by atoms with E-state index in [0.29, 0.717) is 23.0 Å². The van der Waals surface area contributed by atoms with Crippen molar-refractivity contribution >= 4 is 29.1 Å². The van der Waals surface area contributed by atoms with Crippen molar-refractivity contribution in [3.63, 3.8) is 0 Å². The van der Waals surface area contributed by atoms with Crippen molar-refractivity contribution in [2.45, 2.75) is 45.8 Å². The van der Waals surface area contributed by atoms with Crippen molar-refractivity contribution in [1.29, 1.82) is 0 Å². The van der Waals surface area contributed by atoms with Crippen molar-refractivity contribution < 1.29 is 4.79 Å². The van der Waals surface area contributed by atoms with Gasteiger partial charge in [0.15, 0.2) is 0 Å². The number of nitrogens with two attached hydrogens (primary N) is 1. The molecule has 0 aliphatic carbocycles. The summed E-state index contributed by atoms with van der Waals surface area (Å²) in [7, 11) is 0.